The number of fused-ring (bicyclic) bond motifs is 1. The van der Waals surface area contributed by atoms with Gasteiger partial charge in [0.15, 0.2) is 16.5 Å². The zero-order valence-corrected chi connectivity index (χ0v) is 13.1. The molecule has 0 spiro atoms. The molecule has 4 heterocycles. The number of carbonyl (C=O) groups is 1. The van der Waals surface area contributed by atoms with Crippen molar-refractivity contribution in [3.8, 4) is 10.8 Å². The van der Waals surface area contributed by atoms with Gasteiger partial charge in [-0.2, -0.15) is 5.10 Å². The molecule has 1 amide bonds. The van der Waals surface area contributed by atoms with Gasteiger partial charge in [0, 0.05) is 36.1 Å². The highest BCUT2D eigenvalue weighted by atomic mass is 32.1. The molecule has 23 heavy (non-hydrogen) atoms. The second-order valence-corrected chi connectivity index (χ2v) is 6.12. The van der Waals surface area contributed by atoms with Crippen molar-refractivity contribution in [1.29, 1.82) is 0 Å². The summed E-state index contributed by atoms with van der Waals surface area (Å²) in [6.07, 6.45) is 2.49. The van der Waals surface area contributed by atoms with Crippen LogP contribution in [-0.4, -0.2) is 27.6 Å². The first-order chi connectivity index (χ1) is 11.3. The van der Waals surface area contributed by atoms with E-state index >= 15 is 0 Å². The summed E-state index contributed by atoms with van der Waals surface area (Å²) in [5.74, 6) is 0.554. The van der Waals surface area contributed by atoms with Gasteiger partial charge in [-0.25, -0.2) is 4.98 Å². The maximum absolute atomic E-state index is 12.3. The molecule has 3 aromatic rings. The lowest BCUT2D eigenvalue weighted by molar-refractivity contribution is 0.0944. The average molecular weight is 329 g/mol. The molecule has 0 aliphatic carbocycles. The summed E-state index contributed by atoms with van der Waals surface area (Å²) >= 11 is 1.49. The van der Waals surface area contributed by atoms with Gasteiger partial charge in [0.1, 0.15) is 0 Å². The van der Waals surface area contributed by atoms with E-state index in [1.54, 1.807) is 6.26 Å². The van der Waals surface area contributed by atoms with E-state index in [2.05, 4.69) is 25.8 Å². The van der Waals surface area contributed by atoms with Crippen molar-refractivity contribution < 1.29 is 9.21 Å². The van der Waals surface area contributed by atoms with Crippen LogP contribution in [-0.2, 0) is 19.5 Å². The quantitative estimate of drug-likeness (QED) is 0.677. The van der Waals surface area contributed by atoms with Gasteiger partial charge in [0.2, 0.25) is 0 Å². The van der Waals surface area contributed by atoms with Crippen LogP contribution in [0.3, 0.4) is 0 Å². The van der Waals surface area contributed by atoms with E-state index in [1.165, 1.54) is 11.3 Å². The Morgan fingerprint density at radius 3 is 3.30 bits per heavy atom. The van der Waals surface area contributed by atoms with Gasteiger partial charge >= 0.3 is 0 Å². The fourth-order valence-electron chi connectivity index (χ4n) is 2.57. The normalized spacial score (nSPS) is 13.7. The van der Waals surface area contributed by atoms with Crippen molar-refractivity contribution in [3.05, 3.63) is 46.4 Å². The van der Waals surface area contributed by atoms with Gasteiger partial charge in [-0.15, -0.1) is 11.3 Å². The lowest BCUT2D eigenvalue weighted by Gasteiger charge is -2.12. The first-order valence-corrected chi connectivity index (χ1v) is 8.22. The first-order valence-electron chi connectivity index (χ1n) is 7.34. The molecule has 0 aromatic carbocycles. The summed E-state index contributed by atoms with van der Waals surface area (Å²) in [5.41, 5.74) is 3.27. The molecule has 1 aliphatic rings. The van der Waals surface area contributed by atoms with Crippen LogP contribution in [0.2, 0.25) is 0 Å². The van der Waals surface area contributed by atoms with Crippen LogP contribution >= 0.6 is 11.3 Å². The Labute approximate surface area is 136 Å². The van der Waals surface area contributed by atoms with Crippen molar-refractivity contribution in [2.75, 3.05) is 6.54 Å². The zero-order chi connectivity index (χ0) is 15.6. The molecule has 0 bridgehead atoms. The van der Waals surface area contributed by atoms with Crippen LogP contribution in [0.4, 0.5) is 0 Å². The lowest BCUT2D eigenvalue weighted by atomic mass is 10.1. The predicted octanol–water partition coefficient (Wildman–Crippen LogP) is 1.70. The predicted molar refractivity (Wildman–Crippen MR) is 85.0 cm³/mol. The summed E-state index contributed by atoms with van der Waals surface area (Å²) in [6, 6.07) is 3.69. The number of aromatic nitrogens is 3. The number of nitrogens with zero attached hydrogens (tertiary/aromatic N) is 2. The molecular formula is C15H15N5O2S. The molecule has 0 unspecified atom stereocenters. The SMILES string of the molecule is O=C(NCc1csc(-c2ccco2)n1)c1n[nH]c2c1CNCC2. The number of nitrogens with one attached hydrogen (secondary N) is 3. The third-order valence-electron chi connectivity index (χ3n) is 3.74. The van der Waals surface area contributed by atoms with Crippen LogP contribution in [0.25, 0.3) is 10.8 Å². The van der Waals surface area contributed by atoms with E-state index < -0.39 is 0 Å². The van der Waals surface area contributed by atoms with Crippen LogP contribution < -0.4 is 10.6 Å². The fourth-order valence-corrected chi connectivity index (χ4v) is 3.36. The monoisotopic (exact) mass is 329 g/mol. The van der Waals surface area contributed by atoms with E-state index in [0.717, 1.165) is 40.7 Å². The molecule has 3 aromatic heterocycles. The van der Waals surface area contributed by atoms with Crippen molar-refractivity contribution in [2.45, 2.75) is 19.5 Å². The molecule has 0 atom stereocenters. The number of aromatic amines is 1. The molecule has 4 rings (SSSR count). The highest BCUT2D eigenvalue weighted by Gasteiger charge is 2.21. The van der Waals surface area contributed by atoms with Gasteiger partial charge in [-0.1, -0.05) is 0 Å². The Balaban J connectivity index is 1.43. The zero-order valence-electron chi connectivity index (χ0n) is 12.3. The molecule has 0 radical (unpaired) electrons. The fraction of sp³-hybridized carbons (Fsp3) is 0.267. The van der Waals surface area contributed by atoms with Gasteiger partial charge in [-0.05, 0) is 12.1 Å². The van der Waals surface area contributed by atoms with E-state index in [0.29, 0.717) is 18.8 Å². The number of hydrogen-bond donors (Lipinski definition) is 3. The largest absolute Gasteiger partial charge is 0.462 e. The summed E-state index contributed by atoms with van der Waals surface area (Å²) < 4.78 is 5.32. The van der Waals surface area contributed by atoms with Crippen molar-refractivity contribution in [2.24, 2.45) is 0 Å². The van der Waals surface area contributed by atoms with Crippen LogP contribution in [0, 0.1) is 0 Å². The van der Waals surface area contributed by atoms with E-state index in [9.17, 15) is 4.79 Å². The number of thiazole rings is 1. The molecule has 8 heteroatoms. The second-order valence-electron chi connectivity index (χ2n) is 5.26. The summed E-state index contributed by atoms with van der Waals surface area (Å²) in [4.78, 5) is 16.8. The Kier molecular flexibility index (Phi) is 3.68. The Hall–Kier alpha value is -2.45. The summed E-state index contributed by atoms with van der Waals surface area (Å²) in [5, 5.41) is 15.9. The average Bonchev–Trinajstić information content (AvgIpc) is 3.31. The number of amides is 1. The molecule has 0 saturated carbocycles. The number of furan rings is 1. The van der Waals surface area contributed by atoms with Crippen molar-refractivity contribution in [1.82, 2.24) is 25.8 Å². The number of carbonyl (C=O) groups excluding carboxylic acids is 1. The smallest absolute Gasteiger partial charge is 0.272 e. The van der Waals surface area contributed by atoms with Crippen molar-refractivity contribution >= 4 is 17.2 Å². The highest BCUT2D eigenvalue weighted by Crippen LogP contribution is 2.24. The van der Waals surface area contributed by atoms with Gasteiger partial charge in [-0.3, -0.25) is 9.89 Å². The number of rotatable bonds is 4. The third kappa shape index (κ3) is 2.78. The van der Waals surface area contributed by atoms with Gasteiger partial charge < -0.3 is 15.1 Å². The minimum atomic E-state index is -0.182. The molecule has 118 valence electrons. The first kappa shape index (κ1) is 14.2. The molecule has 7 nitrogen and oxygen atoms in total. The Morgan fingerprint density at radius 1 is 1.48 bits per heavy atom. The third-order valence-corrected chi connectivity index (χ3v) is 4.64. The summed E-state index contributed by atoms with van der Waals surface area (Å²) in [7, 11) is 0. The maximum atomic E-state index is 12.3. The molecule has 0 fully saturated rings. The minimum absolute atomic E-state index is 0.182. The van der Waals surface area contributed by atoms with E-state index in [-0.39, 0.29) is 5.91 Å². The van der Waals surface area contributed by atoms with Crippen LogP contribution in [0.15, 0.2) is 28.2 Å². The highest BCUT2D eigenvalue weighted by molar-refractivity contribution is 7.13. The van der Waals surface area contributed by atoms with Gasteiger partial charge in [0.05, 0.1) is 18.5 Å². The standard InChI is InChI=1S/C15H15N5O2S/c21-14(13-10-7-16-4-3-11(10)19-20-13)17-6-9-8-23-15(18-9)12-2-1-5-22-12/h1-2,5,8,16H,3-4,6-7H2,(H,17,21)(H,19,20). The lowest BCUT2D eigenvalue weighted by Crippen LogP contribution is -2.28. The Bertz CT molecular complexity index is 821. The molecule has 1 aliphatic heterocycles. The van der Waals surface area contributed by atoms with E-state index in [4.69, 9.17) is 4.42 Å². The molecular weight excluding hydrogens is 314 g/mol. The molecule has 3 N–H and O–H groups in total. The molecule has 0 saturated heterocycles. The topological polar surface area (TPSA) is 95.8 Å². The number of hydrogen-bond acceptors (Lipinski definition) is 6. The van der Waals surface area contributed by atoms with Crippen molar-refractivity contribution in [3.63, 3.8) is 0 Å². The number of H-pyrrole nitrogens is 1. The van der Waals surface area contributed by atoms with Crippen LogP contribution in [0.5, 0.6) is 0 Å². The summed E-state index contributed by atoms with van der Waals surface area (Å²) in [6.45, 7) is 1.95. The Morgan fingerprint density at radius 2 is 2.43 bits per heavy atom. The van der Waals surface area contributed by atoms with Crippen LogP contribution in [0.1, 0.15) is 27.4 Å². The van der Waals surface area contributed by atoms with E-state index in [1.807, 2.05) is 17.5 Å². The van der Waals surface area contributed by atoms with Gasteiger partial charge in [0.25, 0.3) is 5.91 Å². The maximum Gasteiger partial charge on any atom is 0.272 e. The second kappa shape index (κ2) is 5.98. The minimum Gasteiger partial charge on any atom is -0.462 e.